The van der Waals surface area contributed by atoms with Crippen LogP contribution in [-0.4, -0.2) is 13.7 Å². The Morgan fingerprint density at radius 2 is 2.19 bits per heavy atom. The Morgan fingerprint density at radius 1 is 1.44 bits per heavy atom. The lowest BCUT2D eigenvalue weighted by molar-refractivity contribution is 0.285. The first kappa shape index (κ1) is 11.5. The fourth-order valence-corrected chi connectivity index (χ4v) is 2.86. The first-order valence-corrected chi connectivity index (χ1v) is 5.97. The first-order chi connectivity index (χ1) is 7.59. The summed E-state index contributed by atoms with van der Waals surface area (Å²) in [6.07, 6.45) is 2.31. The van der Waals surface area contributed by atoms with Gasteiger partial charge >= 0.3 is 0 Å². The van der Waals surface area contributed by atoms with E-state index in [-0.39, 0.29) is 5.41 Å². The van der Waals surface area contributed by atoms with Crippen molar-refractivity contribution < 1.29 is 4.74 Å². The van der Waals surface area contributed by atoms with Crippen LogP contribution in [0.25, 0.3) is 0 Å². The molecule has 0 bridgehead atoms. The zero-order valence-corrected chi connectivity index (χ0v) is 10.4. The van der Waals surface area contributed by atoms with Gasteiger partial charge < -0.3 is 10.5 Å². The van der Waals surface area contributed by atoms with Crippen LogP contribution in [-0.2, 0) is 11.8 Å². The van der Waals surface area contributed by atoms with Crippen molar-refractivity contribution in [1.82, 2.24) is 0 Å². The summed E-state index contributed by atoms with van der Waals surface area (Å²) in [5.41, 5.74) is 8.92. The number of aryl methyl sites for hydroxylation is 1. The standard InChI is InChI=1S/C14H21NO/c1-14(2)11(9-15)5-4-10-8-12(16-3)6-7-13(10)14/h6-8,11H,4-5,9,15H2,1-3H3. The number of methoxy groups -OCH3 is 1. The molecule has 0 fully saturated rings. The third kappa shape index (κ3) is 1.71. The molecular weight excluding hydrogens is 198 g/mol. The van der Waals surface area contributed by atoms with Crippen molar-refractivity contribution in [3.05, 3.63) is 29.3 Å². The summed E-state index contributed by atoms with van der Waals surface area (Å²) in [5, 5.41) is 0. The summed E-state index contributed by atoms with van der Waals surface area (Å²) >= 11 is 0. The molecule has 1 aliphatic carbocycles. The fraction of sp³-hybridized carbons (Fsp3) is 0.571. The molecule has 1 aliphatic rings. The average Bonchev–Trinajstić information content (AvgIpc) is 2.28. The largest absolute Gasteiger partial charge is 0.497 e. The van der Waals surface area contributed by atoms with Crippen LogP contribution in [0.5, 0.6) is 5.75 Å². The zero-order chi connectivity index (χ0) is 11.8. The van der Waals surface area contributed by atoms with Crippen molar-refractivity contribution in [1.29, 1.82) is 0 Å². The van der Waals surface area contributed by atoms with Gasteiger partial charge in [0.2, 0.25) is 0 Å². The van der Waals surface area contributed by atoms with E-state index < -0.39 is 0 Å². The molecule has 0 aliphatic heterocycles. The van der Waals surface area contributed by atoms with E-state index in [0.29, 0.717) is 5.92 Å². The minimum absolute atomic E-state index is 0.189. The molecule has 88 valence electrons. The second-order valence-corrected chi connectivity index (χ2v) is 5.22. The van der Waals surface area contributed by atoms with E-state index in [2.05, 4.69) is 32.0 Å². The monoisotopic (exact) mass is 219 g/mol. The van der Waals surface area contributed by atoms with Gasteiger partial charge in [0.05, 0.1) is 7.11 Å². The third-order valence-corrected chi connectivity index (χ3v) is 4.07. The van der Waals surface area contributed by atoms with E-state index in [4.69, 9.17) is 10.5 Å². The molecule has 0 saturated heterocycles. The molecule has 1 unspecified atom stereocenters. The van der Waals surface area contributed by atoms with E-state index in [1.807, 2.05) is 0 Å². The maximum atomic E-state index is 5.87. The molecule has 0 aromatic heterocycles. The number of nitrogens with two attached hydrogens (primary N) is 1. The second-order valence-electron chi connectivity index (χ2n) is 5.22. The molecule has 0 heterocycles. The highest BCUT2D eigenvalue weighted by molar-refractivity contribution is 5.42. The molecule has 0 radical (unpaired) electrons. The molecule has 1 aromatic carbocycles. The lowest BCUT2D eigenvalue weighted by Gasteiger charge is -2.40. The molecule has 2 rings (SSSR count). The van der Waals surface area contributed by atoms with Crippen molar-refractivity contribution in [3.63, 3.8) is 0 Å². The molecule has 0 saturated carbocycles. The number of hydrogen-bond donors (Lipinski definition) is 1. The summed E-state index contributed by atoms with van der Waals surface area (Å²) in [6.45, 7) is 5.38. The summed E-state index contributed by atoms with van der Waals surface area (Å²) in [4.78, 5) is 0. The van der Waals surface area contributed by atoms with Gasteiger partial charge in [-0.1, -0.05) is 19.9 Å². The van der Waals surface area contributed by atoms with Gasteiger partial charge in [-0.25, -0.2) is 0 Å². The Bertz CT molecular complexity index is 384. The minimum atomic E-state index is 0.189. The van der Waals surface area contributed by atoms with Crippen molar-refractivity contribution in [2.75, 3.05) is 13.7 Å². The van der Waals surface area contributed by atoms with Crippen LogP contribution >= 0.6 is 0 Å². The summed E-state index contributed by atoms with van der Waals surface area (Å²) in [5.74, 6) is 1.55. The van der Waals surface area contributed by atoms with Crippen LogP contribution in [0.15, 0.2) is 18.2 Å². The zero-order valence-electron chi connectivity index (χ0n) is 10.4. The SMILES string of the molecule is COc1ccc2c(c1)CCC(CN)C2(C)C. The van der Waals surface area contributed by atoms with Crippen LogP contribution < -0.4 is 10.5 Å². The van der Waals surface area contributed by atoms with Gasteiger partial charge in [-0.2, -0.15) is 0 Å². The predicted octanol–water partition coefficient (Wildman–Crippen LogP) is 2.49. The van der Waals surface area contributed by atoms with Gasteiger partial charge in [0.15, 0.2) is 0 Å². The highest BCUT2D eigenvalue weighted by atomic mass is 16.5. The molecular formula is C14H21NO. The Labute approximate surface area is 97.8 Å². The summed E-state index contributed by atoms with van der Waals surface area (Å²) in [6, 6.07) is 6.43. The van der Waals surface area contributed by atoms with Gasteiger partial charge in [0, 0.05) is 0 Å². The van der Waals surface area contributed by atoms with Crippen LogP contribution in [0.2, 0.25) is 0 Å². The van der Waals surface area contributed by atoms with Crippen LogP contribution in [0.4, 0.5) is 0 Å². The summed E-state index contributed by atoms with van der Waals surface area (Å²) in [7, 11) is 1.72. The molecule has 2 nitrogen and oxygen atoms in total. The number of hydrogen-bond acceptors (Lipinski definition) is 2. The Kier molecular flexibility index (Phi) is 2.94. The predicted molar refractivity (Wildman–Crippen MR) is 66.9 cm³/mol. The number of ether oxygens (including phenoxy) is 1. The van der Waals surface area contributed by atoms with Crippen LogP contribution in [0.3, 0.4) is 0 Å². The molecule has 2 N–H and O–H groups in total. The highest BCUT2D eigenvalue weighted by Gasteiger charge is 2.35. The van der Waals surface area contributed by atoms with Crippen LogP contribution in [0, 0.1) is 5.92 Å². The first-order valence-electron chi connectivity index (χ1n) is 5.97. The van der Waals surface area contributed by atoms with Gasteiger partial charge in [0.1, 0.15) is 5.75 Å². The Hall–Kier alpha value is -1.02. The highest BCUT2D eigenvalue weighted by Crippen LogP contribution is 2.41. The quantitative estimate of drug-likeness (QED) is 0.829. The summed E-state index contributed by atoms with van der Waals surface area (Å²) < 4.78 is 5.28. The lowest BCUT2D eigenvalue weighted by atomic mass is 9.65. The van der Waals surface area contributed by atoms with Gasteiger partial charge in [-0.05, 0) is 54.0 Å². The Balaban J connectivity index is 2.43. The van der Waals surface area contributed by atoms with Crippen molar-refractivity contribution >= 4 is 0 Å². The number of rotatable bonds is 2. The van der Waals surface area contributed by atoms with E-state index in [1.165, 1.54) is 17.5 Å². The molecule has 0 amide bonds. The van der Waals surface area contributed by atoms with Gasteiger partial charge in [0.25, 0.3) is 0 Å². The van der Waals surface area contributed by atoms with Gasteiger partial charge in [-0.15, -0.1) is 0 Å². The molecule has 1 aromatic rings. The smallest absolute Gasteiger partial charge is 0.119 e. The molecule has 2 heteroatoms. The maximum Gasteiger partial charge on any atom is 0.119 e. The van der Waals surface area contributed by atoms with E-state index in [1.54, 1.807) is 7.11 Å². The second kappa shape index (κ2) is 4.10. The molecule has 1 atom stereocenters. The number of fused-ring (bicyclic) bond motifs is 1. The number of benzene rings is 1. The van der Waals surface area contributed by atoms with Crippen molar-refractivity contribution in [3.8, 4) is 5.75 Å². The maximum absolute atomic E-state index is 5.87. The van der Waals surface area contributed by atoms with Crippen molar-refractivity contribution in [2.24, 2.45) is 11.7 Å². The third-order valence-electron chi connectivity index (χ3n) is 4.07. The topological polar surface area (TPSA) is 35.2 Å². The molecule has 16 heavy (non-hydrogen) atoms. The fourth-order valence-electron chi connectivity index (χ4n) is 2.86. The normalized spacial score (nSPS) is 22.6. The van der Waals surface area contributed by atoms with E-state index >= 15 is 0 Å². The molecule has 0 spiro atoms. The van der Waals surface area contributed by atoms with E-state index in [9.17, 15) is 0 Å². The van der Waals surface area contributed by atoms with E-state index in [0.717, 1.165) is 18.7 Å². The van der Waals surface area contributed by atoms with Crippen LogP contribution in [0.1, 0.15) is 31.4 Å². The van der Waals surface area contributed by atoms with Gasteiger partial charge in [-0.3, -0.25) is 0 Å². The Morgan fingerprint density at radius 3 is 2.81 bits per heavy atom. The lowest BCUT2D eigenvalue weighted by Crippen LogP contribution is -2.38. The minimum Gasteiger partial charge on any atom is -0.497 e. The van der Waals surface area contributed by atoms with Crippen molar-refractivity contribution in [2.45, 2.75) is 32.1 Å². The average molecular weight is 219 g/mol.